The number of hydrogen-bond donors (Lipinski definition) is 3. The second-order valence-corrected chi connectivity index (χ2v) is 6.88. The summed E-state index contributed by atoms with van der Waals surface area (Å²) in [4.78, 5) is 28.8. The number of nitrogens with one attached hydrogen (secondary N) is 3. The third-order valence-electron chi connectivity index (χ3n) is 4.75. The first kappa shape index (κ1) is 18.9. The van der Waals surface area contributed by atoms with Crippen LogP contribution in [0, 0.1) is 0 Å². The van der Waals surface area contributed by atoms with Crippen LogP contribution in [0.4, 0.5) is 16.2 Å². The molecule has 148 valence electrons. The Bertz CT molecular complexity index is 1030. The van der Waals surface area contributed by atoms with E-state index in [2.05, 4.69) is 20.9 Å². The van der Waals surface area contributed by atoms with E-state index in [-0.39, 0.29) is 18.0 Å². The Morgan fingerprint density at radius 1 is 1.07 bits per heavy atom. The van der Waals surface area contributed by atoms with Crippen LogP contribution < -0.4 is 16.0 Å². The maximum atomic E-state index is 12.3. The summed E-state index contributed by atoms with van der Waals surface area (Å²) in [6.45, 7) is 0.955. The number of para-hydroxylation sites is 1. The summed E-state index contributed by atoms with van der Waals surface area (Å²) in [6.07, 6.45) is 2.97. The minimum atomic E-state index is -0.378. The van der Waals surface area contributed by atoms with Gasteiger partial charge in [-0.25, -0.2) is 4.79 Å². The first-order valence-corrected chi connectivity index (χ1v) is 9.59. The van der Waals surface area contributed by atoms with Gasteiger partial charge >= 0.3 is 6.03 Å². The predicted octanol–water partition coefficient (Wildman–Crippen LogP) is 3.67. The molecule has 1 atom stereocenters. The average molecular weight is 390 g/mol. The Morgan fingerprint density at radius 3 is 2.79 bits per heavy atom. The Labute approximate surface area is 168 Å². The lowest BCUT2D eigenvalue weighted by molar-refractivity contribution is -0.124. The molecule has 1 unspecified atom stereocenters. The maximum absolute atomic E-state index is 12.3. The van der Waals surface area contributed by atoms with Gasteiger partial charge in [0, 0.05) is 30.4 Å². The molecule has 0 aliphatic carbocycles. The van der Waals surface area contributed by atoms with Crippen molar-refractivity contribution in [3.63, 3.8) is 0 Å². The molecular weight excluding hydrogens is 368 g/mol. The van der Waals surface area contributed by atoms with Crippen LogP contribution in [0.5, 0.6) is 0 Å². The highest BCUT2D eigenvalue weighted by Crippen LogP contribution is 2.20. The van der Waals surface area contributed by atoms with Gasteiger partial charge in [0.05, 0.1) is 11.2 Å². The van der Waals surface area contributed by atoms with Crippen LogP contribution in [0.2, 0.25) is 0 Å². The lowest BCUT2D eigenvalue weighted by Crippen LogP contribution is -2.28. The number of carbonyl (C=O) groups excluding carboxylic acids is 2. The zero-order valence-electron chi connectivity index (χ0n) is 15.9. The molecule has 2 heterocycles. The van der Waals surface area contributed by atoms with Crippen molar-refractivity contribution in [2.24, 2.45) is 0 Å². The lowest BCUT2D eigenvalue weighted by atomic mass is 10.2. The van der Waals surface area contributed by atoms with Crippen LogP contribution in [0.15, 0.2) is 60.8 Å². The van der Waals surface area contributed by atoms with Gasteiger partial charge in [-0.2, -0.15) is 0 Å². The fourth-order valence-corrected chi connectivity index (χ4v) is 3.32. The summed E-state index contributed by atoms with van der Waals surface area (Å²) in [7, 11) is 0. The van der Waals surface area contributed by atoms with Gasteiger partial charge in [0.25, 0.3) is 5.91 Å². The number of urea groups is 1. The van der Waals surface area contributed by atoms with Crippen LogP contribution in [0.25, 0.3) is 10.9 Å². The SMILES string of the molecule is O=C(NCc1cccc(NC(=O)C2CCCO2)c1)Nc1cccc2cccnc12. The highest BCUT2D eigenvalue weighted by Gasteiger charge is 2.23. The van der Waals surface area contributed by atoms with Crippen LogP contribution in [-0.4, -0.2) is 29.6 Å². The molecule has 3 amide bonds. The van der Waals surface area contributed by atoms with E-state index in [1.807, 2.05) is 54.6 Å². The topological polar surface area (TPSA) is 92.4 Å². The molecule has 0 radical (unpaired) electrons. The summed E-state index contributed by atoms with van der Waals surface area (Å²) in [5.74, 6) is -0.131. The highest BCUT2D eigenvalue weighted by atomic mass is 16.5. The fraction of sp³-hybridized carbons (Fsp3) is 0.227. The number of carbonyl (C=O) groups is 2. The summed E-state index contributed by atoms with van der Waals surface area (Å²) in [5.41, 5.74) is 2.95. The van der Waals surface area contributed by atoms with E-state index in [0.29, 0.717) is 24.5 Å². The van der Waals surface area contributed by atoms with Gasteiger partial charge in [0.1, 0.15) is 6.10 Å². The van der Waals surface area contributed by atoms with Crippen molar-refractivity contribution in [3.8, 4) is 0 Å². The van der Waals surface area contributed by atoms with Gasteiger partial charge in [-0.15, -0.1) is 0 Å². The normalized spacial score (nSPS) is 15.8. The number of aromatic nitrogens is 1. The summed E-state index contributed by atoms with van der Waals surface area (Å²) in [5, 5.41) is 9.50. The van der Waals surface area contributed by atoms with Crippen molar-refractivity contribution in [2.75, 3.05) is 17.2 Å². The number of pyridine rings is 1. The molecule has 1 fully saturated rings. The van der Waals surface area contributed by atoms with E-state index >= 15 is 0 Å². The minimum Gasteiger partial charge on any atom is -0.368 e. The van der Waals surface area contributed by atoms with E-state index in [4.69, 9.17) is 4.74 Å². The first-order valence-electron chi connectivity index (χ1n) is 9.59. The van der Waals surface area contributed by atoms with E-state index in [9.17, 15) is 9.59 Å². The predicted molar refractivity (Wildman–Crippen MR) is 112 cm³/mol. The molecule has 0 bridgehead atoms. The highest BCUT2D eigenvalue weighted by molar-refractivity contribution is 5.99. The molecule has 29 heavy (non-hydrogen) atoms. The number of fused-ring (bicyclic) bond motifs is 1. The third kappa shape index (κ3) is 4.70. The van der Waals surface area contributed by atoms with Crippen LogP contribution in [0.1, 0.15) is 18.4 Å². The van der Waals surface area contributed by atoms with Gasteiger partial charge in [-0.3, -0.25) is 9.78 Å². The van der Waals surface area contributed by atoms with Gasteiger partial charge in [-0.1, -0.05) is 30.3 Å². The van der Waals surface area contributed by atoms with Crippen molar-refractivity contribution in [3.05, 3.63) is 66.4 Å². The summed E-state index contributed by atoms with van der Waals surface area (Å²) >= 11 is 0. The molecule has 1 aromatic heterocycles. The smallest absolute Gasteiger partial charge is 0.319 e. The molecule has 1 aliphatic rings. The molecule has 3 N–H and O–H groups in total. The van der Waals surface area contributed by atoms with Gasteiger partial charge in [-0.05, 0) is 42.7 Å². The standard InChI is InChI=1S/C22H22N4O3/c27-21(19-10-4-12-29-19)25-17-8-1-5-15(13-17)14-24-22(28)26-18-9-2-6-16-7-3-11-23-20(16)18/h1-3,5-9,11,13,19H,4,10,12,14H2,(H,25,27)(H2,24,26,28). The number of nitrogens with zero attached hydrogens (tertiary/aromatic N) is 1. The molecule has 0 saturated carbocycles. The Kier molecular flexibility index (Phi) is 5.67. The number of benzene rings is 2. The number of hydrogen-bond acceptors (Lipinski definition) is 4. The van der Waals surface area contributed by atoms with Crippen molar-refractivity contribution >= 4 is 34.2 Å². The van der Waals surface area contributed by atoms with Gasteiger partial charge < -0.3 is 20.7 Å². The van der Waals surface area contributed by atoms with Crippen molar-refractivity contribution in [2.45, 2.75) is 25.5 Å². The number of ether oxygens (including phenoxy) is 1. The molecule has 3 aromatic rings. The molecule has 7 heteroatoms. The summed E-state index contributed by atoms with van der Waals surface area (Å²) in [6, 6.07) is 16.5. The Balaban J connectivity index is 1.35. The second-order valence-electron chi connectivity index (χ2n) is 6.88. The van der Waals surface area contributed by atoms with Crippen molar-refractivity contribution in [1.82, 2.24) is 10.3 Å². The average Bonchev–Trinajstić information content (AvgIpc) is 3.28. The van der Waals surface area contributed by atoms with Crippen molar-refractivity contribution in [1.29, 1.82) is 0 Å². The van der Waals surface area contributed by atoms with E-state index in [1.165, 1.54) is 0 Å². The van der Waals surface area contributed by atoms with Crippen molar-refractivity contribution < 1.29 is 14.3 Å². The molecule has 2 aromatic carbocycles. The summed E-state index contributed by atoms with van der Waals surface area (Å²) < 4.78 is 5.40. The largest absolute Gasteiger partial charge is 0.368 e. The first-order chi connectivity index (χ1) is 14.2. The van der Waals surface area contributed by atoms with Gasteiger partial charge in [0.15, 0.2) is 0 Å². The molecular formula is C22H22N4O3. The minimum absolute atomic E-state index is 0.131. The number of amides is 3. The lowest BCUT2D eigenvalue weighted by Gasteiger charge is -2.12. The molecule has 1 saturated heterocycles. The van der Waals surface area contributed by atoms with E-state index in [0.717, 1.165) is 29.3 Å². The molecule has 4 rings (SSSR count). The second kappa shape index (κ2) is 8.70. The number of rotatable bonds is 5. The quantitative estimate of drug-likeness (QED) is 0.620. The zero-order valence-corrected chi connectivity index (χ0v) is 15.9. The fourth-order valence-electron chi connectivity index (χ4n) is 3.32. The Morgan fingerprint density at radius 2 is 1.93 bits per heavy atom. The Hall–Kier alpha value is -3.45. The number of anilines is 2. The van der Waals surface area contributed by atoms with Crippen LogP contribution in [0.3, 0.4) is 0 Å². The van der Waals surface area contributed by atoms with Crippen LogP contribution >= 0.6 is 0 Å². The molecule has 0 spiro atoms. The molecule has 1 aliphatic heterocycles. The monoisotopic (exact) mass is 390 g/mol. The van der Waals surface area contributed by atoms with E-state index in [1.54, 1.807) is 6.20 Å². The zero-order chi connectivity index (χ0) is 20.1. The van der Waals surface area contributed by atoms with Crippen LogP contribution in [-0.2, 0) is 16.1 Å². The molecule has 7 nitrogen and oxygen atoms in total. The maximum Gasteiger partial charge on any atom is 0.319 e. The van der Waals surface area contributed by atoms with Gasteiger partial charge in [0.2, 0.25) is 0 Å². The van der Waals surface area contributed by atoms with E-state index < -0.39 is 0 Å². The third-order valence-corrected chi connectivity index (χ3v) is 4.75.